The number of thiazole rings is 1. The van der Waals surface area contributed by atoms with Crippen molar-refractivity contribution in [3.05, 3.63) is 96.0 Å². The molecule has 0 spiro atoms. The molecule has 2 atom stereocenters. The van der Waals surface area contributed by atoms with Gasteiger partial charge in [-0.1, -0.05) is 23.5 Å². The number of carbonyl (C=O) groups excluding carboxylic acids is 1. The fraction of sp³-hybridized carbons (Fsp3) is 0.296. The summed E-state index contributed by atoms with van der Waals surface area (Å²) in [6.07, 6.45) is 4.59. The van der Waals surface area contributed by atoms with E-state index in [1.165, 1.54) is 40.5 Å². The fourth-order valence-electron chi connectivity index (χ4n) is 5.06. The molecule has 1 amide bonds. The first-order chi connectivity index (χ1) is 18.6. The first-order valence-corrected chi connectivity index (χ1v) is 13.2. The van der Waals surface area contributed by atoms with E-state index in [-0.39, 0.29) is 29.2 Å². The molecule has 1 saturated carbocycles. The van der Waals surface area contributed by atoms with Gasteiger partial charge in [0.1, 0.15) is 4.88 Å². The summed E-state index contributed by atoms with van der Waals surface area (Å²) in [5, 5.41) is 29.8. The molecular formula is C27H26N6O5S. The average Bonchev–Trinajstić information content (AvgIpc) is 3.49. The predicted octanol–water partition coefficient (Wildman–Crippen LogP) is 5.77. The smallest absolute Gasteiger partial charge is 0.269 e. The summed E-state index contributed by atoms with van der Waals surface area (Å²) in [5.74, 6) is -0.132. The van der Waals surface area contributed by atoms with Gasteiger partial charge in [0.05, 0.1) is 27.3 Å². The third-order valence-corrected chi connectivity index (χ3v) is 8.11. The molecule has 2 aromatic carbocycles. The Hall–Kier alpha value is -4.45. The maximum absolute atomic E-state index is 12.7. The van der Waals surface area contributed by atoms with Crippen LogP contribution in [0.25, 0.3) is 6.08 Å². The maximum Gasteiger partial charge on any atom is 0.269 e. The number of hydrogen-bond donors (Lipinski definition) is 0. The van der Waals surface area contributed by atoms with Gasteiger partial charge in [0.2, 0.25) is 5.13 Å². The average molecular weight is 547 g/mol. The number of nitro groups is 2. The number of allylic oxidation sites excluding steroid dienone is 1. The molecule has 2 aliphatic rings. The number of benzene rings is 2. The van der Waals surface area contributed by atoms with E-state index >= 15 is 0 Å². The molecule has 0 N–H and O–H groups in total. The van der Waals surface area contributed by atoms with Gasteiger partial charge in [-0.3, -0.25) is 25.0 Å². The minimum atomic E-state index is -0.424. The number of rotatable bonds is 6. The largest absolute Gasteiger partial charge is 0.344 e. The van der Waals surface area contributed by atoms with Crippen LogP contribution in [0.5, 0.6) is 0 Å². The number of carbonyl (C=O) groups is 1. The highest BCUT2D eigenvalue weighted by molar-refractivity contribution is 7.17. The predicted molar refractivity (Wildman–Crippen MR) is 149 cm³/mol. The minimum absolute atomic E-state index is 0.00158. The van der Waals surface area contributed by atoms with Crippen LogP contribution in [0.4, 0.5) is 16.5 Å². The Kier molecular flexibility index (Phi) is 6.96. The molecule has 0 bridgehead atoms. The lowest BCUT2D eigenvalue weighted by Crippen LogP contribution is -2.28. The second-order valence-corrected chi connectivity index (χ2v) is 10.7. The van der Waals surface area contributed by atoms with E-state index in [4.69, 9.17) is 10.1 Å². The molecule has 5 rings (SSSR count). The van der Waals surface area contributed by atoms with E-state index in [1.54, 1.807) is 45.3 Å². The normalized spacial score (nSPS) is 19.5. The fourth-order valence-corrected chi connectivity index (χ4v) is 6.14. The number of nitrogens with zero attached hydrogens (tertiary/aromatic N) is 6. The summed E-state index contributed by atoms with van der Waals surface area (Å²) >= 11 is 1.28. The van der Waals surface area contributed by atoms with Gasteiger partial charge in [-0.2, -0.15) is 5.10 Å². The van der Waals surface area contributed by atoms with Gasteiger partial charge >= 0.3 is 0 Å². The Balaban J connectivity index is 1.58. The number of hydrogen-bond acceptors (Lipinski definition) is 9. The minimum Gasteiger partial charge on any atom is -0.344 e. The molecule has 12 heteroatoms. The molecule has 200 valence electrons. The van der Waals surface area contributed by atoms with Crippen LogP contribution in [-0.4, -0.2) is 45.4 Å². The molecule has 1 fully saturated rings. The van der Waals surface area contributed by atoms with Crippen LogP contribution in [-0.2, 0) is 0 Å². The lowest BCUT2D eigenvalue weighted by atomic mass is 9.77. The summed E-state index contributed by atoms with van der Waals surface area (Å²) in [7, 11) is 3.39. The molecule has 1 aliphatic heterocycles. The van der Waals surface area contributed by atoms with Crippen LogP contribution >= 0.6 is 11.3 Å². The Morgan fingerprint density at radius 3 is 2.26 bits per heavy atom. The summed E-state index contributed by atoms with van der Waals surface area (Å²) in [6, 6.07) is 12.7. The van der Waals surface area contributed by atoms with Crippen LogP contribution in [0, 0.1) is 33.1 Å². The topological polar surface area (TPSA) is 135 Å². The molecule has 0 saturated heterocycles. The molecule has 39 heavy (non-hydrogen) atoms. The molecule has 2 heterocycles. The first kappa shape index (κ1) is 26.2. The second-order valence-electron chi connectivity index (χ2n) is 9.75. The third-order valence-electron chi connectivity index (χ3n) is 6.97. The number of aromatic nitrogens is 1. The van der Waals surface area contributed by atoms with Crippen molar-refractivity contribution in [2.24, 2.45) is 11.0 Å². The highest BCUT2D eigenvalue weighted by Crippen LogP contribution is 2.47. The monoisotopic (exact) mass is 546 g/mol. The summed E-state index contributed by atoms with van der Waals surface area (Å²) < 4.78 is 0. The van der Waals surface area contributed by atoms with Crippen LogP contribution in [0.1, 0.15) is 51.8 Å². The van der Waals surface area contributed by atoms with Crippen LogP contribution in [0.3, 0.4) is 0 Å². The Morgan fingerprint density at radius 2 is 1.67 bits per heavy atom. The molecule has 11 nitrogen and oxygen atoms in total. The SMILES string of the molecule is Cc1nc(N2N=C3C(=Cc4ccc([N+](=O)[O-])cc4)CCCC3C2c2ccc([N+](=O)[O-])cc2)sc1C(=O)N(C)C. The number of aryl methyl sites for hydroxylation is 1. The van der Waals surface area contributed by atoms with E-state index in [2.05, 4.69) is 0 Å². The molecule has 2 unspecified atom stereocenters. The molecule has 0 radical (unpaired) electrons. The zero-order valence-electron chi connectivity index (χ0n) is 21.6. The lowest BCUT2D eigenvalue weighted by Gasteiger charge is -2.29. The van der Waals surface area contributed by atoms with Gasteiger partial charge in [-0.05, 0) is 61.1 Å². The van der Waals surface area contributed by atoms with Crippen molar-refractivity contribution >= 4 is 45.5 Å². The van der Waals surface area contributed by atoms with Gasteiger partial charge in [-0.25, -0.2) is 9.99 Å². The molecular weight excluding hydrogens is 520 g/mol. The highest BCUT2D eigenvalue weighted by atomic mass is 32.1. The summed E-state index contributed by atoms with van der Waals surface area (Å²) in [5.41, 5.74) is 4.30. The van der Waals surface area contributed by atoms with Gasteiger partial charge in [0, 0.05) is 44.3 Å². The zero-order valence-corrected chi connectivity index (χ0v) is 22.4. The highest BCUT2D eigenvalue weighted by Gasteiger charge is 2.43. The Bertz CT molecular complexity index is 1510. The third kappa shape index (κ3) is 5.02. The van der Waals surface area contributed by atoms with Crippen molar-refractivity contribution in [3.8, 4) is 0 Å². The van der Waals surface area contributed by atoms with Crippen molar-refractivity contribution < 1.29 is 14.6 Å². The first-order valence-electron chi connectivity index (χ1n) is 12.4. The van der Waals surface area contributed by atoms with Gasteiger partial charge in [0.15, 0.2) is 0 Å². The van der Waals surface area contributed by atoms with E-state index in [0.29, 0.717) is 15.7 Å². The maximum atomic E-state index is 12.7. The van der Waals surface area contributed by atoms with E-state index in [1.807, 2.05) is 11.1 Å². The van der Waals surface area contributed by atoms with Gasteiger partial charge in [-0.15, -0.1) is 0 Å². The van der Waals surface area contributed by atoms with Gasteiger partial charge < -0.3 is 4.90 Å². The summed E-state index contributed by atoms with van der Waals surface area (Å²) in [4.78, 5) is 41.0. The van der Waals surface area contributed by atoms with Crippen molar-refractivity contribution in [3.63, 3.8) is 0 Å². The van der Waals surface area contributed by atoms with Crippen LogP contribution in [0.2, 0.25) is 0 Å². The standard InChI is InChI=1S/C27H26N6O5S/c1-16-25(26(34)30(2)3)39-27(28-16)31-24(18-9-13-21(14-10-18)33(37)38)22-6-4-5-19(23(22)29-31)15-17-7-11-20(12-8-17)32(35)36/h7-15,22,24H,4-6H2,1-3H3. The van der Waals surface area contributed by atoms with E-state index < -0.39 is 9.85 Å². The second kappa shape index (κ2) is 10.4. The quantitative estimate of drug-likeness (QED) is 0.283. The number of amides is 1. The lowest BCUT2D eigenvalue weighted by molar-refractivity contribution is -0.385. The Labute approximate surface area is 228 Å². The van der Waals surface area contributed by atoms with Gasteiger partial charge in [0.25, 0.3) is 17.3 Å². The van der Waals surface area contributed by atoms with Crippen molar-refractivity contribution in [1.82, 2.24) is 9.88 Å². The number of nitro benzene ring substituents is 2. The number of fused-ring (bicyclic) bond motifs is 1. The van der Waals surface area contributed by atoms with Crippen molar-refractivity contribution in [1.29, 1.82) is 0 Å². The van der Waals surface area contributed by atoms with Crippen LogP contribution in [0.15, 0.2) is 59.2 Å². The van der Waals surface area contributed by atoms with Crippen LogP contribution < -0.4 is 5.01 Å². The number of hydrazone groups is 1. The van der Waals surface area contributed by atoms with E-state index in [9.17, 15) is 25.0 Å². The van der Waals surface area contributed by atoms with Crippen molar-refractivity contribution in [2.45, 2.75) is 32.2 Å². The number of anilines is 1. The molecule has 1 aliphatic carbocycles. The van der Waals surface area contributed by atoms with Crippen molar-refractivity contribution in [2.75, 3.05) is 19.1 Å². The Morgan fingerprint density at radius 1 is 1.05 bits per heavy atom. The summed E-state index contributed by atoms with van der Waals surface area (Å²) in [6.45, 7) is 1.80. The van der Waals surface area contributed by atoms with E-state index in [0.717, 1.165) is 41.7 Å². The molecule has 1 aromatic heterocycles. The zero-order chi connectivity index (χ0) is 27.8. The molecule has 3 aromatic rings. The number of non-ortho nitro benzene ring substituents is 2.